The van der Waals surface area contributed by atoms with Gasteiger partial charge in [0, 0.05) is 12.1 Å². The molecule has 0 saturated carbocycles. The van der Waals surface area contributed by atoms with Gasteiger partial charge in [0.2, 0.25) is 0 Å². The summed E-state index contributed by atoms with van der Waals surface area (Å²) in [4.78, 5) is 11.4. The Morgan fingerprint density at radius 1 is 1.48 bits per heavy atom. The largest absolute Gasteiger partial charge is 0.507 e. The van der Waals surface area contributed by atoms with Crippen molar-refractivity contribution in [2.45, 2.75) is 32.8 Å². The van der Waals surface area contributed by atoms with Crippen LogP contribution in [0.3, 0.4) is 0 Å². The zero-order chi connectivity index (χ0) is 15.9. The topological polar surface area (TPSA) is 82.3 Å². The standard InChI is InChI=1S/C16H20N2O3/c1-16(2,3)21-15(20)18-9-5-4-6-13-10-12(11-17)7-8-14(13)19/h4,6-8,10,19H,5,9H2,1-3H3,(H,18,20). The number of nitriles is 1. The van der Waals surface area contributed by atoms with Gasteiger partial charge in [0.1, 0.15) is 11.4 Å². The van der Waals surface area contributed by atoms with E-state index in [1.807, 2.05) is 12.1 Å². The number of aromatic hydroxyl groups is 1. The molecule has 0 aliphatic rings. The summed E-state index contributed by atoms with van der Waals surface area (Å²) in [5.41, 5.74) is 0.550. The van der Waals surface area contributed by atoms with Gasteiger partial charge in [-0.1, -0.05) is 12.2 Å². The van der Waals surface area contributed by atoms with E-state index >= 15 is 0 Å². The molecule has 0 aromatic heterocycles. The molecule has 0 saturated heterocycles. The van der Waals surface area contributed by atoms with Crippen LogP contribution in [0, 0.1) is 11.3 Å². The number of nitrogens with one attached hydrogen (secondary N) is 1. The highest BCUT2D eigenvalue weighted by molar-refractivity contribution is 5.67. The van der Waals surface area contributed by atoms with Crippen molar-refractivity contribution in [1.82, 2.24) is 5.32 Å². The summed E-state index contributed by atoms with van der Waals surface area (Å²) in [6.07, 6.45) is 3.67. The number of nitrogens with zero attached hydrogens (tertiary/aromatic N) is 1. The van der Waals surface area contributed by atoms with Gasteiger partial charge >= 0.3 is 6.09 Å². The summed E-state index contributed by atoms with van der Waals surface area (Å²) in [5.74, 6) is 0.116. The Balaban J connectivity index is 2.43. The number of benzene rings is 1. The lowest BCUT2D eigenvalue weighted by Crippen LogP contribution is -2.32. The Kier molecular flexibility index (Phi) is 5.79. The number of hydrogen-bond acceptors (Lipinski definition) is 4. The van der Waals surface area contributed by atoms with Crippen LogP contribution in [-0.4, -0.2) is 23.3 Å². The van der Waals surface area contributed by atoms with Gasteiger partial charge < -0.3 is 15.2 Å². The smallest absolute Gasteiger partial charge is 0.407 e. The highest BCUT2D eigenvalue weighted by atomic mass is 16.6. The van der Waals surface area contributed by atoms with Crippen molar-refractivity contribution in [3.05, 3.63) is 35.4 Å². The monoisotopic (exact) mass is 288 g/mol. The number of rotatable bonds is 4. The quantitative estimate of drug-likeness (QED) is 0.833. The van der Waals surface area contributed by atoms with Crippen molar-refractivity contribution in [2.75, 3.05) is 6.54 Å². The number of amides is 1. The van der Waals surface area contributed by atoms with Crippen LogP contribution in [0.5, 0.6) is 5.75 Å². The first-order chi connectivity index (χ1) is 9.81. The SMILES string of the molecule is CC(C)(C)OC(=O)NCCC=Cc1cc(C#N)ccc1O. The van der Waals surface area contributed by atoms with Crippen LogP contribution in [0.4, 0.5) is 4.79 Å². The van der Waals surface area contributed by atoms with E-state index in [9.17, 15) is 9.90 Å². The van der Waals surface area contributed by atoms with Gasteiger partial charge in [-0.25, -0.2) is 4.79 Å². The van der Waals surface area contributed by atoms with Crippen LogP contribution < -0.4 is 5.32 Å². The summed E-state index contributed by atoms with van der Waals surface area (Å²) in [7, 11) is 0. The molecule has 0 spiro atoms. The Hall–Kier alpha value is -2.48. The molecule has 0 atom stereocenters. The molecule has 21 heavy (non-hydrogen) atoms. The molecule has 0 unspecified atom stereocenters. The lowest BCUT2D eigenvalue weighted by Gasteiger charge is -2.19. The third-order valence-electron chi connectivity index (χ3n) is 2.43. The molecule has 0 aliphatic heterocycles. The molecule has 5 nitrogen and oxygen atoms in total. The highest BCUT2D eigenvalue weighted by Gasteiger charge is 2.15. The number of alkyl carbamates (subject to hydrolysis) is 1. The van der Waals surface area contributed by atoms with Gasteiger partial charge in [-0.15, -0.1) is 0 Å². The Morgan fingerprint density at radius 3 is 2.81 bits per heavy atom. The second-order valence-electron chi connectivity index (χ2n) is 5.51. The predicted molar refractivity (Wildman–Crippen MR) is 80.7 cm³/mol. The summed E-state index contributed by atoms with van der Waals surface area (Å²) < 4.78 is 5.10. The van der Waals surface area contributed by atoms with Crippen molar-refractivity contribution in [2.24, 2.45) is 0 Å². The molecule has 112 valence electrons. The van der Waals surface area contributed by atoms with Crippen molar-refractivity contribution >= 4 is 12.2 Å². The van der Waals surface area contributed by atoms with Crippen LogP contribution >= 0.6 is 0 Å². The van der Waals surface area contributed by atoms with E-state index in [-0.39, 0.29) is 5.75 Å². The van der Waals surface area contributed by atoms with Crippen LogP contribution in [0.2, 0.25) is 0 Å². The average Bonchev–Trinajstić information content (AvgIpc) is 2.38. The normalized spacial score (nSPS) is 11.1. The molecule has 5 heteroatoms. The van der Waals surface area contributed by atoms with Crippen molar-refractivity contribution < 1.29 is 14.6 Å². The fraction of sp³-hybridized carbons (Fsp3) is 0.375. The highest BCUT2D eigenvalue weighted by Crippen LogP contribution is 2.19. The van der Waals surface area contributed by atoms with Crippen LogP contribution in [-0.2, 0) is 4.74 Å². The second kappa shape index (κ2) is 7.34. The van der Waals surface area contributed by atoms with E-state index in [2.05, 4.69) is 5.32 Å². The van der Waals surface area contributed by atoms with Gasteiger partial charge in [0.25, 0.3) is 0 Å². The Labute approximate surface area is 124 Å². The fourth-order valence-electron chi connectivity index (χ4n) is 1.54. The maximum absolute atomic E-state index is 11.4. The minimum atomic E-state index is -0.510. The first-order valence-corrected chi connectivity index (χ1v) is 6.68. The zero-order valence-corrected chi connectivity index (χ0v) is 12.5. The Bertz CT molecular complexity index is 566. The summed E-state index contributed by atoms with van der Waals surface area (Å²) >= 11 is 0. The van der Waals surface area contributed by atoms with E-state index in [0.29, 0.717) is 24.1 Å². The van der Waals surface area contributed by atoms with Gasteiger partial charge in [0.15, 0.2) is 0 Å². The van der Waals surface area contributed by atoms with Gasteiger partial charge in [-0.05, 0) is 45.4 Å². The van der Waals surface area contributed by atoms with Crippen LogP contribution in [0.15, 0.2) is 24.3 Å². The lowest BCUT2D eigenvalue weighted by atomic mass is 10.1. The first kappa shape index (κ1) is 16.6. The summed E-state index contributed by atoms with van der Waals surface area (Å²) in [6, 6.07) is 6.65. The molecule has 0 heterocycles. The first-order valence-electron chi connectivity index (χ1n) is 6.68. The van der Waals surface area contributed by atoms with Gasteiger partial charge in [0.05, 0.1) is 11.6 Å². The minimum Gasteiger partial charge on any atom is -0.507 e. The van der Waals surface area contributed by atoms with E-state index in [4.69, 9.17) is 10.00 Å². The number of hydrogen-bond donors (Lipinski definition) is 2. The third kappa shape index (κ3) is 6.48. The maximum Gasteiger partial charge on any atom is 0.407 e. The predicted octanol–water partition coefficient (Wildman–Crippen LogP) is 3.19. The fourth-order valence-corrected chi connectivity index (χ4v) is 1.54. The Morgan fingerprint density at radius 2 is 2.19 bits per heavy atom. The average molecular weight is 288 g/mol. The number of carbonyl (C=O) groups excluding carboxylic acids is 1. The van der Waals surface area contributed by atoms with Gasteiger partial charge in [-0.3, -0.25) is 0 Å². The molecule has 2 N–H and O–H groups in total. The molecule has 0 bridgehead atoms. The molecule has 0 radical (unpaired) electrons. The summed E-state index contributed by atoms with van der Waals surface area (Å²) in [6.45, 7) is 5.84. The summed E-state index contributed by atoms with van der Waals surface area (Å²) in [5, 5.41) is 21.1. The lowest BCUT2D eigenvalue weighted by molar-refractivity contribution is 0.0529. The number of carbonyl (C=O) groups is 1. The van der Waals surface area contributed by atoms with Crippen LogP contribution in [0.1, 0.15) is 38.3 Å². The van der Waals surface area contributed by atoms with E-state index in [1.54, 1.807) is 39.0 Å². The number of phenols is 1. The second-order valence-corrected chi connectivity index (χ2v) is 5.51. The molecule has 1 rings (SSSR count). The maximum atomic E-state index is 11.4. The van der Waals surface area contributed by atoms with E-state index in [1.165, 1.54) is 6.07 Å². The van der Waals surface area contributed by atoms with E-state index < -0.39 is 11.7 Å². The van der Waals surface area contributed by atoms with Crippen molar-refractivity contribution in [1.29, 1.82) is 5.26 Å². The molecular weight excluding hydrogens is 268 g/mol. The van der Waals surface area contributed by atoms with Gasteiger partial charge in [-0.2, -0.15) is 5.26 Å². The molecular formula is C16H20N2O3. The molecule has 0 aliphatic carbocycles. The van der Waals surface area contributed by atoms with Crippen molar-refractivity contribution in [3.63, 3.8) is 0 Å². The molecule has 1 aromatic carbocycles. The van der Waals surface area contributed by atoms with E-state index in [0.717, 1.165) is 0 Å². The van der Waals surface area contributed by atoms with Crippen molar-refractivity contribution in [3.8, 4) is 11.8 Å². The third-order valence-corrected chi connectivity index (χ3v) is 2.43. The molecule has 1 amide bonds. The minimum absolute atomic E-state index is 0.116. The number of ether oxygens (including phenoxy) is 1. The zero-order valence-electron chi connectivity index (χ0n) is 12.5. The number of phenolic OH excluding ortho intramolecular Hbond substituents is 1. The van der Waals surface area contributed by atoms with Crippen LogP contribution in [0.25, 0.3) is 6.08 Å². The molecule has 1 aromatic rings. The molecule has 0 fully saturated rings.